The zero-order valence-electron chi connectivity index (χ0n) is 9.14. The van der Waals surface area contributed by atoms with Gasteiger partial charge in [0.25, 0.3) is 0 Å². The third-order valence-corrected chi connectivity index (χ3v) is 2.15. The van der Waals surface area contributed by atoms with Crippen LogP contribution in [0.15, 0.2) is 18.7 Å². The molecule has 0 unspecified atom stereocenters. The molecule has 0 radical (unpaired) electrons. The second-order valence-corrected chi connectivity index (χ2v) is 3.29. The molecule has 0 amide bonds. The first-order valence-corrected chi connectivity index (χ1v) is 4.70. The summed E-state index contributed by atoms with van der Waals surface area (Å²) < 4.78 is 43.0. The molecule has 18 heavy (non-hydrogen) atoms. The SMILES string of the molecule is COc1ncnc(-n2cc(C(F)(F)F)cn2)c1N. The van der Waals surface area contributed by atoms with Gasteiger partial charge < -0.3 is 10.5 Å². The van der Waals surface area contributed by atoms with E-state index in [0.717, 1.165) is 17.2 Å². The average molecular weight is 259 g/mol. The lowest BCUT2D eigenvalue weighted by molar-refractivity contribution is -0.137. The standard InChI is InChI=1S/C9H8F3N5O/c1-18-8-6(13)7(14-4-15-8)17-3-5(2-16-17)9(10,11)12/h2-4H,13H2,1H3. The summed E-state index contributed by atoms with van der Waals surface area (Å²) >= 11 is 0. The maximum Gasteiger partial charge on any atom is 0.419 e. The molecule has 0 aromatic carbocycles. The quantitative estimate of drug-likeness (QED) is 0.878. The number of nitrogens with zero attached hydrogens (tertiary/aromatic N) is 4. The van der Waals surface area contributed by atoms with E-state index < -0.39 is 11.7 Å². The van der Waals surface area contributed by atoms with Crippen molar-refractivity contribution in [3.63, 3.8) is 0 Å². The van der Waals surface area contributed by atoms with E-state index in [1.807, 2.05) is 0 Å². The Balaban J connectivity index is 2.47. The molecule has 0 fully saturated rings. The first kappa shape index (κ1) is 12.1. The minimum atomic E-state index is -4.47. The Morgan fingerprint density at radius 1 is 1.33 bits per heavy atom. The van der Waals surface area contributed by atoms with Crippen LogP contribution in [-0.2, 0) is 6.18 Å². The predicted molar refractivity (Wildman–Crippen MR) is 55.1 cm³/mol. The summed E-state index contributed by atoms with van der Waals surface area (Å²) in [5.41, 5.74) is 4.77. The molecule has 96 valence electrons. The number of alkyl halides is 3. The normalized spacial score (nSPS) is 11.6. The van der Waals surface area contributed by atoms with Crippen LogP contribution >= 0.6 is 0 Å². The van der Waals surface area contributed by atoms with Gasteiger partial charge in [-0.15, -0.1) is 0 Å². The van der Waals surface area contributed by atoms with Crippen LogP contribution in [0.4, 0.5) is 18.9 Å². The molecule has 2 aromatic rings. The van der Waals surface area contributed by atoms with Gasteiger partial charge >= 0.3 is 6.18 Å². The smallest absolute Gasteiger partial charge is 0.419 e. The van der Waals surface area contributed by atoms with E-state index in [0.29, 0.717) is 6.20 Å². The van der Waals surface area contributed by atoms with Crippen LogP contribution in [-0.4, -0.2) is 26.9 Å². The Hall–Kier alpha value is -2.32. The zero-order valence-corrected chi connectivity index (χ0v) is 9.14. The molecule has 0 aliphatic rings. The van der Waals surface area contributed by atoms with Gasteiger partial charge in [-0.2, -0.15) is 23.3 Å². The van der Waals surface area contributed by atoms with Gasteiger partial charge in [-0.25, -0.2) is 9.67 Å². The van der Waals surface area contributed by atoms with E-state index in [9.17, 15) is 13.2 Å². The first-order valence-electron chi connectivity index (χ1n) is 4.70. The molecule has 2 N–H and O–H groups in total. The van der Waals surface area contributed by atoms with E-state index in [2.05, 4.69) is 15.1 Å². The van der Waals surface area contributed by atoms with Crippen molar-refractivity contribution in [3.8, 4) is 11.7 Å². The fraction of sp³-hybridized carbons (Fsp3) is 0.222. The molecule has 0 saturated heterocycles. The third-order valence-electron chi connectivity index (χ3n) is 2.15. The molecule has 6 nitrogen and oxygen atoms in total. The Morgan fingerprint density at radius 3 is 2.61 bits per heavy atom. The Bertz CT molecular complexity index is 566. The summed E-state index contributed by atoms with van der Waals surface area (Å²) in [7, 11) is 1.34. The summed E-state index contributed by atoms with van der Waals surface area (Å²) in [5, 5.41) is 3.56. The van der Waals surface area contributed by atoms with Gasteiger partial charge in [0.15, 0.2) is 5.82 Å². The van der Waals surface area contributed by atoms with Crippen LogP contribution in [0, 0.1) is 0 Å². The number of halogens is 3. The molecule has 0 spiro atoms. The topological polar surface area (TPSA) is 78.9 Å². The number of aromatic nitrogens is 4. The fourth-order valence-electron chi connectivity index (χ4n) is 1.30. The maximum absolute atomic E-state index is 12.4. The van der Waals surface area contributed by atoms with Gasteiger partial charge in [-0.05, 0) is 0 Å². The van der Waals surface area contributed by atoms with Gasteiger partial charge in [0.05, 0.1) is 18.9 Å². The van der Waals surface area contributed by atoms with Crippen molar-refractivity contribution in [3.05, 3.63) is 24.3 Å². The second kappa shape index (κ2) is 4.17. The molecule has 0 saturated carbocycles. The molecule has 2 aromatic heterocycles. The fourth-order valence-corrected chi connectivity index (χ4v) is 1.30. The molecule has 0 atom stereocenters. The van der Waals surface area contributed by atoms with Gasteiger partial charge in [0, 0.05) is 6.20 Å². The van der Waals surface area contributed by atoms with E-state index >= 15 is 0 Å². The van der Waals surface area contributed by atoms with Gasteiger partial charge in [-0.1, -0.05) is 0 Å². The van der Waals surface area contributed by atoms with Gasteiger partial charge in [0.2, 0.25) is 5.88 Å². The zero-order chi connectivity index (χ0) is 13.3. The highest BCUT2D eigenvalue weighted by Crippen LogP contribution is 2.30. The highest BCUT2D eigenvalue weighted by molar-refractivity contribution is 5.59. The number of ether oxygens (including phenoxy) is 1. The molecule has 0 aliphatic heterocycles. The van der Waals surface area contributed by atoms with Crippen molar-refractivity contribution in [2.24, 2.45) is 0 Å². The Morgan fingerprint density at radius 2 is 2.06 bits per heavy atom. The minimum absolute atomic E-state index is 0.0109. The molecular weight excluding hydrogens is 251 g/mol. The number of rotatable bonds is 2. The molecule has 9 heteroatoms. The molecule has 0 bridgehead atoms. The van der Waals surface area contributed by atoms with Crippen LogP contribution < -0.4 is 10.5 Å². The lowest BCUT2D eigenvalue weighted by atomic mass is 10.3. The lowest BCUT2D eigenvalue weighted by Gasteiger charge is -2.07. The summed E-state index contributed by atoms with van der Waals surface area (Å²) in [6.45, 7) is 0. The molecular formula is C9H8F3N5O. The summed E-state index contributed by atoms with van der Waals surface area (Å²) in [6.07, 6.45) is -1.87. The maximum atomic E-state index is 12.4. The van der Waals surface area contributed by atoms with Crippen LogP contribution in [0.3, 0.4) is 0 Å². The monoisotopic (exact) mass is 259 g/mol. The summed E-state index contributed by atoms with van der Waals surface area (Å²) in [6, 6.07) is 0. The van der Waals surface area contributed by atoms with Crippen molar-refractivity contribution in [1.29, 1.82) is 0 Å². The summed E-state index contributed by atoms with van der Waals surface area (Å²) in [5.74, 6) is 0.0985. The van der Waals surface area contributed by atoms with E-state index in [1.54, 1.807) is 0 Å². The van der Waals surface area contributed by atoms with Crippen LogP contribution in [0.2, 0.25) is 0 Å². The summed E-state index contributed by atoms with van der Waals surface area (Å²) in [4.78, 5) is 7.49. The minimum Gasteiger partial charge on any atom is -0.479 e. The Kier molecular flexibility index (Phi) is 2.81. The van der Waals surface area contributed by atoms with E-state index in [-0.39, 0.29) is 17.4 Å². The van der Waals surface area contributed by atoms with Crippen LogP contribution in [0.1, 0.15) is 5.56 Å². The second-order valence-electron chi connectivity index (χ2n) is 3.29. The number of hydrogen-bond donors (Lipinski definition) is 1. The highest BCUT2D eigenvalue weighted by Gasteiger charge is 2.32. The van der Waals surface area contributed by atoms with Crippen LogP contribution in [0.25, 0.3) is 5.82 Å². The molecule has 0 aliphatic carbocycles. The molecule has 2 rings (SSSR count). The van der Waals surface area contributed by atoms with E-state index in [1.165, 1.54) is 7.11 Å². The van der Waals surface area contributed by atoms with Crippen molar-refractivity contribution < 1.29 is 17.9 Å². The first-order chi connectivity index (χ1) is 8.43. The number of hydrogen-bond acceptors (Lipinski definition) is 5. The van der Waals surface area contributed by atoms with Gasteiger partial charge in [-0.3, -0.25) is 0 Å². The van der Waals surface area contributed by atoms with Crippen molar-refractivity contribution in [2.45, 2.75) is 6.18 Å². The van der Waals surface area contributed by atoms with E-state index in [4.69, 9.17) is 10.5 Å². The van der Waals surface area contributed by atoms with Crippen molar-refractivity contribution >= 4 is 5.69 Å². The van der Waals surface area contributed by atoms with Crippen LogP contribution in [0.5, 0.6) is 5.88 Å². The van der Waals surface area contributed by atoms with Crippen molar-refractivity contribution in [2.75, 3.05) is 12.8 Å². The van der Waals surface area contributed by atoms with Crippen molar-refractivity contribution in [1.82, 2.24) is 19.7 Å². The number of nitrogen functional groups attached to an aromatic ring is 1. The number of nitrogens with two attached hydrogens (primary N) is 1. The number of anilines is 1. The number of methoxy groups -OCH3 is 1. The molecule has 2 heterocycles. The largest absolute Gasteiger partial charge is 0.479 e. The third kappa shape index (κ3) is 2.06. The predicted octanol–water partition coefficient (Wildman–Crippen LogP) is 1.27. The lowest BCUT2D eigenvalue weighted by Crippen LogP contribution is -2.07. The van der Waals surface area contributed by atoms with Gasteiger partial charge in [0.1, 0.15) is 12.0 Å². The average Bonchev–Trinajstić information content (AvgIpc) is 2.78. The highest BCUT2D eigenvalue weighted by atomic mass is 19.4. The Labute approximate surface area is 99.2 Å².